The van der Waals surface area contributed by atoms with Crippen molar-refractivity contribution in [2.24, 2.45) is 0 Å². The zero-order chi connectivity index (χ0) is 59.4. The van der Waals surface area contributed by atoms with Crippen LogP contribution in [-0.4, -0.2) is 189 Å². The number of nitrogens with one attached hydrogen (secondary N) is 1. The van der Waals surface area contributed by atoms with Crippen LogP contribution in [0.5, 0.6) is 11.5 Å². The van der Waals surface area contributed by atoms with Crippen LogP contribution in [0.3, 0.4) is 0 Å². The molecule has 0 saturated carbocycles. The number of aldehydes is 1. The topological polar surface area (TPSA) is 182 Å². The Kier molecular flexibility index (Phi) is 26.5. The van der Waals surface area contributed by atoms with E-state index in [2.05, 4.69) is 94.2 Å². The molecular formula is C56H83F3N8O10S2. The average molecular weight is 1150 g/mol. The van der Waals surface area contributed by atoms with Crippen molar-refractivity contribution in [2.45, 2.75) is 87.9 Å². The molecule has 4 aromatic carbocycles. The summed E-state index contributed by atoms with van der Waals surface area (Å²) in [6.45, 7) is 11.8. The molecule has 2 heterocycles. The Bertz CT molecular complexity index is 2740. The summed E-state index contributed by atoms with van der Waals surface area (Å²) < 4.78 is 100. The van der Waals surface area contributed by atoms with Gasteiger partial charge in [0.2, 0.25) is 32.2 Å². The van der Waals surface area contributed by atoms with E-state index in [1.807, 2.05) is 19.2 Å². The molecule has 0 aromatic heterocycles. The predicted octanol–water partition coefficient (Wildman–Crippen LogP) is 7.63. The number of amides is 1. The van der Waals surface area contributed by atoms with Crippen molar-refractivity contribution in [1.82, 2.24) is 18.4 Å². The smallest absolute Gasteiger partial charge is 0.446 e. The first-order valence-electron chi connectivity index (χ1n) is 25.8. The SMILES string of the molecule is CNc1ccc(N2CCC(N(C)C)CC2)cc1.COc1cc(C)c(S(=O)(=O)N(C)CCC(=O)N(C)c2ccc(N3CCC(N(C)C)CC3)cc2)c(C)c1.COc1cc(C)c(S(=O)(=O)N(C)CCOC=O)c(C)c1.O=CC(F)(F)F. The van der Waals surface area contributed by atoms with Crippen LogP contribution < -0.4 is 29.5 Å². The molecule has 440 valence electrons. The van der Waals surface area contributed by atoms with Gasteiger partial charge >= 0.3 is 6.18 Å². The number of alkyl halides is 3. The fraction of sp³-hybridized carbons (Fsp3) is 0.518. The molecule has 2 aliphatic heterocycles. The number of methoxy groups -OCH3 is 2. The van der Waals surface area contributed by atoms with E-state index in [0.29, 0.717) is 46.3 Å². The number of carbonyl (C=O) groups is 3. The lowest BCUT2D eigenvalue weighted by Gasteiger charge is -2.36. The fourth-order valence-electron chi connectivity index (χ4n) is 9.22. The third-order valence-electron chi connectivity index (χ3n) is 13.9. The van der Waals surface area contributed by atoms with Gasteiger partial charge in [-0.05, 0) is 177 Å². The molecule has 18 nitrogen and oxygen atoms in total. The number of likely N-dealkylation sites (N-methyl/N-ethyl adjacent to an activating group) is 1. The number of rotatable bonds is 19. The van der Waals surface area contributed by atoms with E-state index in [0.717, 1.165) is 47.7 Å². The number of sulfonamides is 2. The van der Waals surface area contributed by atoms with Gasteiger partial charge in [-0.1, -0.05) is 0 Å². The van der Waals surface area contributed by atoms with E-state index in [1.54, 1.807) is 71.0 Å². The minimum Gasteiger partial charge on any atom is -0.497 e. The quantitative estimate of drug-likeness (QED) is 0.0715. The number of carbonyl (C=O) groups excluding carboxylic acids is 3. The average Bonchev–Trinajstić information content (AvgIpc) is 3.44. The zero-order valence-electron chi connectivity index (χ0n) is 48.4. The highest BCUT2D eigenvalue weighted by molar-refractivity contribution is 7.89. The molecular weight excluding hydrogens is 1070 g/mol. The first-order chi connectivity index (χ1) is 37.1. The molecule has 79 heavy (non-hydrogen) atoms. The van der Waals surface area contributed by atoms with Crippen LogP contribution in [0.1, 0.15) is 54.4 Å². The van der Waals surface area contributed by atoms with Crippen molar-refractivity contribution in [1.29, 1.82) is 0 Å². The lowest BCUT2D eigenvalue weighted by Crippen LogP contribution is -2.42. The van der Waals surface area contributed by atoms with Gasteiger partial charge in [0, 0.05) is 109 Å². The molecule has 0 unspecified atom stereocenters. The van der Waals surface area contributed by atoms with E-state index >= 15 is 0 Å². The third kappa shape index (κ3) is 20.0. The highest BCUT2D eigenvalue weighted by Gasteiger charge is 2.29. The summed E-state index contributed by atoms with van der Waals surface area (Å²) in [6, 6.07) is 24.9. The molecule has 2 saturated heterocycles. The van der Waals surface area contributed by atoms with Gasteiger partial charge in [-0.2, -0.15) is 17.5 Å². The highest BCUT2D eigenvalue weighted by Crippen LogP contribution is 2.30. The number of aryl methyl sites for hydroxylation is 4. The van der Waals surface area contributed by atoms with E-state index in [4.69, 9.17) is 14.3 Å². The van der Waals surface area contributed by atoms with E-state index < -0.39 is 32.5 Å². The Balaban J connectivity index is 0.000000320. The molecule has 0 atom stereocenters. The van der Waals surface area contributed by atoms with Gasteiger partial charge in [0.25, 0.3) is 6.47 Å². The molecule has 6 rings (SSSR count). The molecule has 1 amide bonds. The van der Waals surface area contributed by atoms with Crippen LogP contribution in [0.25, 0.3) is 0 Å². The van der Waals surface area contributed by atoms with Crippen LogP contribution in [0.2, 0.25) is 0 Å². The van der Waals surface area contributed by atoms with Gasteiger partial charge in [0.05, 0.1) is 24.0 Å². The van der Waals surface area contributed by atoms with Gasteiger partial charge in [-0.3, -0.25) is 14.4 Å². The summed E-state index contributed by atoms with van der Waals surface area (Å²) in [7, 11) is 11.0. The zero-order valence-corrected chi connectivity index (χ0v) is 50.0. The Hall–Kier alpha value is -5.98. The second kappa shape index (κ2) is 31.1. The van der Waals surface area contributed by atoms with Crippen LogP contribution in [-0.2, 0) is 39.2 Å². The number of hydrogen-bond acceptors (Lipinski definition) is 15. The standard InChI is InChI=1S/C27H40N4O4S.C14H23N3.C13H19NO5S.C2HF3O/c1-20-18-25(35-7)19-21(2)27(20)36(33,34)29(5)15-14-26(32)30(6)23-8-10-24(11-9-23)31-16-12-22(13-17-31)28(3)4;1-15-12-4-6-14(7-5-12)17-10-8-13(9-11-17)16(2)3;1-10-7-12(18-4)8-11(2)13(10)20(16,17)14(3)5-6-19-9-15;3-2(4,5)1-6/h8-11,18-19,22H,12-17H2,1-7H3;4-7,13,15H,8-11H2,1-3H3;7-9H,5-6H2,1-4H3;1H. The van der Waals surface area contributed by atoms with E-state index in [-0.39, 0.29) is 41.8 Å². The minimum absolute atomic E-state index is 0.0213. The number of anilines is 4. The maximum absolute atomic E-state index is 13.2. The summed E-state index contributed by atoms with van der Waals surface area (Å²) in [5.74, 6) is 1.10. The number of ether oxygens (including phenoxy) is 3. The summed E-state index contributed by atoms with van der Waals surface area (Å²) in [6.07, 6.45) is -0.812. The molecule has 23 heteroatoms. The molecule has 0 aliphatic carbocycles. The molecule has 1 N–H and O–H groups in total. The van der Waals surface area contributed by atoms with Gasteiger partial charge < -0.3 is 44.0 Å². The molecule has 2 fully saturated rings. The van der Waals surface area contributed by atoms with Crippen molar-refractivity contribution in [3.8, 4) is 11.5 Å². The number of halogens is 3. The molecule has 4 aromatic rings. The van der Waals surface area contributed by atoms with Gasteiger partial charge in [-0.15, -0.1) is 0 Å². The number of hydrogen-bond donors (Lipinski definition) is 1. The van der Waals surface area contributed by atoms with Crippen LogP contribution in [0.15, 0.2) is 82.6 Å². The second-order valence-corrected chi connectivity index (χ2v) is 23.8. The lowest BCUT2D eigenvalue weighted by molar-refractivity contribution is -0.156. The molecule has 0 spiro atoms. The molecule has 0 bridgehead atoms. The van der Waals surface area contributed by atoms with Gasteiger partial charge in [0.1, 0.15) is 18.1 Å². The predicted molar refractivity (Wildman–Crippen MR) is 307 cm³/mol. The van der Waals surface area contributed by atoms with E-state index in [9.17, 15) is 39.6 Å². The third-order valence-corrected chi connectivity index (χ3v) is 18.3. The number of nitrogens with zero attached hydrogens (tertiary/aromatic N) is 7. The van der Waals surface area contributed by atoms with Crippen molar-refractivity contribution in [2.75, 3.05) is 136 Å². The first-order valence-corrected chi connectivity index (χ1v) is 28.7. The maximum atomic E-state index is 13.2. The van der Waals surface area contributed by atoms with E-state index in [1.165, 1.54) is 62.8 Å². The number of benzene rings is 4. The van der Waals surface area contributed by atoms with Crippen LogP contribution in [0, 0.1) is 27.7 Å². The Morgan fingerprint density at radius 3 is 1.30 bits per heavy atom. The molecule has 0 radical (unpaired) electrons. The highest BCUT2D eigenvalue weighted by atomic mass is 32.2. The Morgan fingerprint density at radius 2 is 0.987 bits per heavy atom. The van der Waals surface area contributed by atoms with Crippen molar-refractivity contribution in [3.63, 3.8) is 0 Å². The van der Waals surface area contributed by atoms with Crippen LogP contribution in [0.4, 0.5) is 35.9 Å². The summed E-state index contributed by atoms with van der Waals surface area (Å²) >= 11 is 0. The minimum atomic E-state index is -4.64. The van der Waals surface area contributed by atoms with Gasteiger partial charge in [0.15, 0.2) is 0 Å². The summed E-state index contributed by atoms with van der Waals surface area (Å²) in [5.41, 5.74) is 6.95. The monoisotopic (exact) mass is 1150 g/mol. The van der Waals surface area contributed by atoms with Crippen molar-refractivity contribution >= 4 is 61.5 Å². The first kappa shape index (κ1) is 67.3. The second-order valence-electron chi connectivity index (χ2n) is 19.8. The normalized spacial score (nSPS) is 14.3. The summed E-state index contributed by atoms with van der Waals surface area (Å²) in [5, 5.41) is 3.15. The fourth-order valence-corrected chi connectivity index (χ4v) is 12.4. The number of piperidine rings is 2. The maximum Gasteiger partial charge on any atom is 0.446 e. The largest absolute Gasteiger partial charge is 0.497 e. The Labute approximate surface area is 467 Å². The Morgan fingerprint density at radius 1 is 0.633 bits per heavy atom. The lowest BCUT2D eigenvalue weighted by atomic mass is 10.0. The molecule has 2 aliphatic rings. The van der Waals surface area contributed by atoms with Crippen molar-refractivity contribution in [3.05, 3.63) is 95.1 Å². The van der Waals surface area contributed by atoms with Crippen LogP contribution >= 0.6 is 0 Å². The van der Waals surface area contributed by atoms with Gasteiger partial charge in [-0.25, -0.2) is 21.1 Å². The van der Waals surface area contributed by atoms with Crippen molar-refractivity contribution < 1.29 is 58.6 Å². The summed E-state index contributed by atoms with van der Waals surface area (Å²) in [4.78, 5) is 43.3.